The van der Waals surface area contributed by atoms with Crippen molar-refractivity contribution < 1.29 is 19.2 Å². The quantitative estimate of drug-likeness (QED) is 0.234. The van der Waals surface area contributed by atoms with Crippen molar-refractivity contribution in [2.45, 2.75) is 32.6 Å². The second-order valence-corrected chi connectivity index (χ2v) is 6.98. The van der Waals surface area contributed by atoms with E-state index in [1.165, 1.54) is 30.7 Å². The van der Waals surface area contributed by atoms with Gasteiger partial charge < -0.3 is 4.74 Å². The van der Waals surface area contributed by atoms with Gasteiger partial charge in [-0.15, -0.1) is 0 Å². The highest BCUT2D eigenvalue weighted by Gasteiger charge is 2.19. The van der Waals surface area contributed by atoms with Crippen LogP contribution in [0.25, 0.3) is 0 Å². The van der Waals surface area contributed by atoms with Gasteiger partial charge in [0.2, 0.25) is 0 Å². The summed E-state index contributed by atoms with van der Waals surface area (Å²) >= 11 is 4.98. The zero-order valence-corrected chi connectivity index (χ0v) is 17.9. The van der Waals surface area contributed by atoms with Gasteiger partial charge in [0, 0.05) is 11.6 Å². The van der Waals surface area contributed by atoms with Crippen molar-refractivity contribution >= 4 is 34.8 Å². The molecule has 3 N–H and O–H groups in total. The summed E-state index contributed by atoms with van der Waals surface area (Å²) in [6, 6.07) is 12.1. The van der Waals surface area contributed by atoms with Crippen molar-refractivity contribution in [1.82, 2.24) is 16.2 Å². The summed E-state index contributed by atoms with van der Waals surface area (Å²) in [5.74, 6) is -0.568. The van der Waals surface area contributed by atoms with Gasteiger partial charge in [-0.3, -0.25) is 35.9 Å². The van der Waals surface area contributed by atoms with Crippen LogP contribution in [0.3, 0.4) is 0 Å². The lowest BCUT2D eigenvalue weighted by Gasteiger charge is -2.11. The predicted molar refractivity (Wildman–Crippen MR) is 120 cm³/mol. The molecule has 9 nitrogen and oxygen atoms in total. The van der Waals surface area contributed by atoms with Crippen LogP contribution in [0, 0.1) is 10.1 Å². The molecule has 0 saturated heterocycles. The number of hydrogen-bond donors (Lipinski definition) is 3. The molecule has 0 bridgehead atoms. The first-order valence-corrected chi connectivity index (χ1v) is 10.2. The van der Waals surface area contributed by atoms with E-state index in [0.29, 0.717) is 17.9 Å². The number of carbonyl (C=O) groups excluding carboxylic acids is 2. The van der Waals surface area contributed by atoms with Gasteiger partial charge in [0.15, 0.2) is 5.11 Å². The SMILES string of the molecule is CCCCCCOc1ccc(C(=O)NC(=S)NNC(=O)c2ccccc2[N+](=O)[O-])cc1. The molecular formula is C21H24N4O5S. The Bertz CT molecular complexity index is 934. The van der Waals surface area contributed by atoms with E-state index in [1.807, 2.05) is 0 Å². The lowest BCUT2D eigenvalue weighted by molar-refractivity contribution is -0.385. The molecule has 2 aromatic rings. The first kappa shape index (κ1) is 23.7. The number of unbranched alkanes of at least 4 members (excludes halogenated alkanes) is 3. The zero-order valence-electron chi connectivity index (χ0n) is 17.1. The van der Waals surface area contributed by atoms with E-state index in [1.54, 1.807) is 24.3 Å². The third kappa shape index (κ3) is 7.67. The second kappa shape index (κ2) is 12.2. The molecule has 164 valence electrons. The number of para-hydroxylation sites is 1. The Labute approximate surface area is 185 Å². The molecule has 0 aliphatic rings. The normalized spacial score (nSPS) is 10.1. The van der Waals surface area contributed by atoms with Crippen molar-refractivity contribution in [2.24, 2.45) is 0 Å². The fraction of sp³-hybridized carbons (Fsp3) is 0.286. The van der Waals surface area contributed by atoms with E-state index in [2.05, 4.69) is 23.1 Å². The van der Waals surface area contributed by atoms with E-state index in [0.717, 1.165) is 19.3 Å². The van der Waals surface area contributed by atoms with Crippen LogP contribution in [-0.2, 0) is 0 Å². The van der Waals surface area contributed by atoms with Crippen LogP contribution >= 0.6 is 12.2 Å². The minimum atomic E-state index is -0.760. The summed E-state index contributed by atoms with van der Waals surface area (Å²) in [6.07, 6.45) is 4.44. The molecule has 0 radical (unpaired) electrons. The predicted octanol–water partition coefficient (Wildman–Crippen LogP) is 3.50. The molecule has 0 aliphatic carbocycles. The first-order chi connectivity index (χ1) is 14.9. The highest BCUT2D eigenvalue weighted by molar-refractivity contribution is 7.80. The maximum absolute atomic E-state index is 12.3. The number of amides is 2. The van der Waals surface area contributed by atoms with Crippen LogP contribution in [0.15, 0.2) is 48.5 Å². The Morgan fingerprint density at radius 1 is 1.00 bits per heavy atom. The lowest BCUT2D eigenvalue weighted by atomic mass is 10.2. The smallest absolute Gasteiger partial charge is 0.282 e. The van der Waals surface area contributed by atoms with Crippen LogP contribution in [0.2, 0.25) is 0 Å². The number of thiocarbonyl (C=S) groups is 1. The summed E-state index contributed by atoms with van der Waals surface area (Å²) < 4.78 is 5.64. The summed E-state index contributed by atoms with van der Waals surface area (Å²) in [4.78, 5) is 34.8. The molecule has 31 heavy (non-hydrogen) atoms. The van der Waals surface area contributed by atoms with Gasteiger partial charge in [-0.1, -0.05) is 38.3 Å². The molecule has 0 unspecified atom stereocenters. The molecule has 0 atom stereocenters. The number of rotatable bonds is 9. The standard InChI is InChI=1S/C21H24N4O5S/c1-2-3-4-7-14-30-16-12-10-15(11-13-16)19(26)22-21(31)24-23-20(27)17-8-5-6-9-18(17)25(28)29/h5-6,8-13H,2-4,7,14H2,1H3,(H,23,27)(H2,22,24,26,31). The lowest BCUT2D eigenvalue weighted by Crippen LogP contribution is -2.48. The first-order valence-electron chi connectivity index (χ1n) is 9.80. The molecule has 0 aliphatic heterocycles. The van der Waals surface area contributed by atoms with E-state index in [9.17, 15) is 19.7 Å². The molecule has 2 aromatic carbocycles. The summed E-state index contributed by atoms with van der Waals surface area (Å²) in [6.45, 7) is 2.77. The van der Waals surface area contributed by atoms with Gasteiger partial charge in [-0.25, -0.2) is 0 Å². The van der Waals surface area contributed by atoms with E-state index >= 15 is 0 Å². The molecule has 0 aromatic heterocycles. The van der Waals surface area contributed by atoms with Crippen molar-refractivity contribution in [2.75, 3.05) is 6.61 Å². The van der Waals surface area contributed by atoms with Crippen molar-refractivity contribution in [3.63, 3.8) is 0 Å². The molecular weight excluding hydrogens is 420 g/mol. The van der Waals surface area contributed by atoms with Gasteiger partial charge in [-0.05, 0) is 49.0 Å². The average molecular weight is 445 g/mol. The molecule has 2 rings (SSSR count). The second-order valence-electron chi connectivity index (χ2n) is 6.57. The number of nitrogens with one attached hydrogen (secondary N) is 3. The van der Waals surface area contributed by atoms with Gasteiger partial charge in [0.05, 0.1) is 11.5 Å². The largest absolute Gasteiger partial charge is 0.494 e. The van der Waals surface area contributed by atoms with Crippen LogP contribution < -0.4 is 20.9 Å². The minimum Gasteiger partial charge on any atom is -0.494 e. The maximum Gasteiger partial charge on any atom is 0.282 e. The third-order valence-electron chi connectivity index (χ3n) is 4.25. The number of nitro groups is 1. The van der Waals surface area contributed by atoms with Crippen LogP contribution in [0.4, 0.5) is 5.69 Å². The van der Waals surface area contributed by atoms with Crippen molar-refractivity contribution in [3.8, 4) is 5.75 Å². The molecule has 0 spiro atoms. The molecule has 0 heterocycles. The number of hydrogen-bond acceptors (Lipinski definition) is 6. The molecule has 0 saturated carbocycles. The average Bonchev–Trinajstić information content (AvgIpc) is 2.77. The minimum absolute atomic E-state index is 0.139. The zero-order chi connectivity index (χ0) is 22.6. The van der Waals surface area contributed by atoms with Gasteiger partial charge in [-0.2, -0.15) is 0 Å². The number of nitrogens with zero attached hydrogens (tertiary/aromatic N) is 1. The Hall–Kier alpha value is -3.53. The number of ether oxygens (including phenoxy) is 1. The van der Waals surface area contributed by atoms with Crippen LogP contribution in [0.1, 0.15) is 53.3 Å². The molecule has 0 fully saturated rings. The Morgan fingerprint density at radius 3 is 2.39 bits per heavy atom. The van der Waals surface area contributed by atoms with Crippen molar-refractivity contribution in [1.29, 1.82) is 0 Å². The highest BCUT2D eigenvalue weighted by Crippen LogP contribution is 2.17. The number of nitro benzene ring substituents is 1. The van der Waals surface area contributed by atoms with Gasteiger partial charge >= 0.3 is 0 Å². The topological polar surface area (TPSA) is 123 Å². The third-order valence-corrected chi connectivity index (χ3v) is 4.45. The maximum atomic E-state index is 12.3. The van der Waals surface area contributed by atoms with E-state index in [-0.39, 0.29) is 16.4 Å². The van der Waals surface area contributed by atoms with Crippen LogP contribution in [-0.4, -0.2) is 28.5 Å². The molecule has 10 heteroatoms. The fourth-order valence-electron chi connectivity index (χ4n) is 2.63. The monoisotopic (exact) mass is 444 g/mol. The highest BCUT2D eigenvalue weighted by atomic mass is 32.1. The summed E-state index contributed by atoms with van der Waals surface area (Å²) in [5.41, 5.74) is 4.46. The van der Waals surface area contributed by atoms with Gasteiger partial charge in [0.25, 0.3) is 17.5 Å². The Morgan fingerprint density at radius 2 is 1.71 bits per heavy atom. The Balaban J connectivity index is 1.81. The molecule has 2 amide bonds. The fourth-order valence-corrected chi connectivity index (χ4v) is 2.78. The van der Waals surface area contributed by atoms with Gasteiger partial charge in [0.1, 0.15) is 11.3 Å². The Kier molecular flexibility index (Phi) is 9.37. The van der Waals surface area contributed by atoms with Crippen molar-refractivity contribution in [3.05, 3.63) is 69.8 Å². The van der Waals surface area contributed by atoms with E-state index in [4.69, 9.17) is 17.0 Å². The number of benzene rings is 2. The summed E-state index contributed by atoms with van der Waals surface area (Å²) in [7, 11) is 0. The number of carbonyl (C=O) groups is 2. The van der Waals surface area contributed by atoms with Crippen LogP contribution in [0.5, 0.6) is 5.75 Å². The summed E-state index contributed by atoms with van der Waals surface area (Å²) in [5, 5.41) is 13.3. The number of hydrazine groups is 1. The van der Waals surface area contributed by atoms with E-state index < -0.39 is 16.7 Å².